The molecule has 3 heterocycles. The smallest absolute Gasteiger partial charge is 0.235 e. The molecule has 0 atom stereocenters. The molecule has 4 nitrogen and oxygen atoms in total. The van der Waals surface area contributed by atoms with Gasteiger partial charge in [-0.15, -0.1) is 0 Å². The average Bonchev–Trinajstić information content (AvgIpc) is 3.29. The third-order valence-electron chi connectivity index (χ3n) is 7.11. The molecule has 0 spiro atoms. The molecule has 0 N–H and O–H groups in total. The monoisotopic (exact) mass is 476 g/mol. The number of allylic oxidation sites excluding steroid dienone is 3. The van der Waals surface area contributed by atoms with Crippen molar-refractivity contribution in [1.82, 2.24) is 14.5 Å². The molecule has 4 aromatic carbocycles. The maximum Gasteiger partial charge on any atom is 0.235 e. The largest absolute Gasteiger partial charge is 0.317 e. The molecular weight excluding hydrogens is 452 g/mol. The van der Waals surface area contributed by atoms with Gasteiger partial charge in [-0.05, 0) is 48.9 Å². The molecule has 1 aliphatic heterocycles. The van der Waals surface area contributed by atoms with Gasteiger partial charge in [0.25, 0.3) is 0 Å². The summed E-state index contributed by atoms with van der Waals surface area (Å²) in [5.74, 6) is 0.668. The lowest BCUT2D eigenvalue weighted by Gasteiger charge is -2.25. The first-order chi connectivity index (χ1) is 18.2. The zero-order valence-electron chi connectivity index (χ0n) is 20.5. The van der Waals surface area contributed by atoms with Crippen LogP contribution in [0.3, 0.4) is 0 Å². The Morgan fingerprint density at radius 3 is 2.30 bits per heavy atom. The highest BCUT2D eigenvalue weighted by molar-refractivity contribution is 6.12. The van der Waals surface area contributed by atoms with Gasteiger partial charge >= 0.3 is 0 Å². The fourth-order valence-electron chi connectivity index (χ4n) is 5.39. The van der Waals surface area contributed by atoms with Gasteiger partial charge in [0.05, 0.1) is 22.2 Å². The van der Waals surface area contributed by atoms with Gasteiger partial charge in [-0.3, -0.25) is 4.57 Å². The minimum absolute atomic E-state index is 0.668. The SMILES string of the molecule is C=C1C=CC=CN1c1ccc2c(c1C)c1ccccc1n2-c1nc(-c2ccccc2)c2ccccc2n1. The minimum atomic E-state index is 0.668. The van der Waals surface area contributed by atoms with E-state index < -0.39 is 0 Å². The van der Waals surface area contributed by atoms with Crippen molar-refractivity contribution in [2.45, 2.75) is 6.92 Å². The maximum absolute atomic E-state index is 5.17. The van der Waals surface area contributed by atoms with Gasteiger partial charge in [0.1, 0.15) is 0 Å². The Bertz CT molecular complexity index is 1910. The number of aromatic nitrogens is 3. The number of para-hydroxylation sites is 2. The topological polar surface area (TPSA) is 34.0 Å². The Morgan fingerprint density at radius 2 is 1.46 bits per heavy atom. The van der Waals surface area contributed by atoms with E-state index in [4.69, 9.17) is 9.97 Å². The van der Waals surface area contributed by atoms with E-state index in [0.29, 0.717) is 5.95 Å². The molecule has 0 aliphatic carbocycles. The molecule has 0 fully saturated rings. The molecule has 7 rings (SSSR count). The summed E-state index contributed by atoms with van der Waals surface area (Å²) >= 11 is 0. The Kier molecular flexibility index (Phi) is 4.79. The third kappa shape index (κ3) is 3.30. The molecule has 0 unspecified atom stereocenters. The van der Waals surface area contributed by atoms with Crippen LogP contribution in [0.5, 0.6) is 0 Å². The predicted molar refractivity (Wildman–Crippen MR) is 154 cm³/mol. The first kappa shape index (κ1) is 21.3. The Labute approximate surface area is 215 Å². The van der Waals surface area contributed by atoms with Crippen LogP contribution >= 0.6 is 0 Å². The van der Waals surface area contributed by atoms with Gasteiger partial charge in [0.2, 0.25) is 5.95 Å². The van der Waals surface area contributed by atoms with Crippen molar-refractivity contribution in [1.29, 1.82) is 0 Å². The first-order valence-electron chi connectivity index (χ1n) is 12.4. The summed E-state index contributed by atoms with van der Waals surface area (Å²) in [4.78, 5) is 12.4. The quantitative estimate of drug-likeness (QED) is 0.259. The molecule has 37 heavy (non-hydrogen) atoms. The van der Waals surface area contributed by atoms with Gasteiger partial charge in [0.15, 0.2) is 0 Å². The van der Waals surface area contributed by atoms with Crippen molar-refractivity contribution >= 4 is 38.4 Å². The zero-order valence-corrected chi connectivity index (χ0v) is 20.5. The molecule has 0 amide bonds. The summed E-state index contributed by atoms with van der Waals surface area (Å²) in [5.41, 5.74) is 8.35. The van der Waals surface area contributed by atoms with E-state index in [2.05, 4.69) is 102 Å². The van der Waals surface area contributed by atoms with Gasteiger partial charge in [-0.1, -0.05) is 79.4 Å². The van der Waals surface area contributed by atoms with E-state index in [1.165, 1.54) is 16.3 Å². The van der Waals surface area contributed by atoms with E-state index in [1.54, 1.807) is 0 Å². The second kappa shape index (κ2) is 8.32. The van der Waals surface area contributed by atoms with Crippen LogP contribution in [0.4, 0.5) is 5.69 Å². The second-order valence-electron chi connectivity index (χ2n) is 9.27. The number of benzene rings is 4. The number of nitrogens with zero attached hydrogens (tertiary/aromatic N) is 4. The maximum atomic E-state index is 5.17. The first-order valence-corrected chi connectivity index (χ1v) is 12.4. The second-order valence-corrected chi connectivity index (χ2v) is 9.27. The molecule has 176 valence electrons. The summed E-state index contributed by atoms with van der Waals surface area (Å²) in [5, 5.41) is 3.42. The number of fused-ring (bicyclic) bond motifs is 4. The Morgan fingerprint density at radius 1 is 0.703 bits per heavy atom. The summed E-state index contributed by atoms with van der Waals surface area (Å²) in [6.07, 6.45) is 8.14. The summed E-state index contributed by atoms with van der Waals surface area (Å²) in [7, 11) is 0. The van der Waals surface area contributed by atoms with E-state index in [9.17, 15) is 0 Å². The van der Waals surface area contributed by atoms with Crippen molar-refractivity contribution in [3.05, 3.63) is 133 Å². The normalized spacial score (nSPS) is 13.3. The standard InChI is InChI=1S/C33H24N4/c1-22-12-10-11-21-36(22)28-19-20-30-31(23(28)2)26-16-7-9-18-29(26)37(30)33-34-27-17-8-6-15-25(27)32(35-33)24-13-4-3-5-14-24/h3-21H,1H2,2H3. The fourth-order valence-corrected chi connectivity index (χ4v) is 5.39. The van der Waals surface area contributed by atoms with E-state index in [0.717, 1.165) is 44.6 Å². The minimum Gasteiger partial charge on any atom is -0.317 e. The average molecular weight is 477 g/mol. The van der Waals surface area contributed by atoms with Gasteiger partial charge in [0, 0.05) is 39.3 Å². The lowest BCUT2D eigenvalue weighted by atomic mass is 10.0. The lowest BCUT2D eigenvalue weighted by Crippen LogP contribution is -2.15. The Hall–Kier alpha value is -4.96. The third-order valence-corrected chi connectivity index (χ3v) is 7.11. The molecule has 0 saturated heterocycles. The highest BCUT2D eigenvalue weighted by Gasteiger charge is 2.21. The fraction of sp³-hybridized carbons (Fsp3) is 0.0303. The van der Waals surface area contributed by atoms with Crippen molar-refractivity contribution < 1.29 is 0 Å². The molecular formula is C33H24N4. The van der Waals surface area contributed by atoms with Crippen molar-refractivity contribution in [3.8, 4) is 17.2 Å². The van der Waals surface area contributed by atoms with Gasteiger partial charge in [-0.25, -0.2) is 9.97 Å². The van der Waals surface area contributed by atoms with E-state index >= 15 is 0 Å². The molecule has 0 radical (unpaired) electrons. The summed E-state index contributed by atoms with van der Waals surface area (Å²) in [6.45, 7) is 6.42. The molecule has 6 aromatic rings. The van der Waals surface area contributed by atoms with Crippen LogP contribution in [0.15, 0.2) is 128 Å². The van der Waals surface area contributed by atoms with Crippen LogP contribution in [0.2, 0.25) is 0 Å². The van der Waals surface area contributed by atoms with Crippen LogP contribution in [-0.2, 0) is 0 Å². The van der Waals surface area contributed by atoms with Crippen molar-refractivity contribution in [2.24, 2.45) is 0 Å². The van der Waals surface area contributed by atoms with Crippen molar-refractivity contribution in [3.63, 3.8) is 0 Å². The van der Waals surface area contributed by atoms with Gasteiger partial charge in [-0.2, -0.15) is 0 Å². The number of hydrogen-bond acceptors (Lipinski definition) is 3. The summed E-state index contributed by atoms with van der Waals surface area (Å²) in [6, 6.07) is 31.4. The van der Waals surface area contributed by atoms with Crippen LogP contribution in [0.25, 0.3) is 49.9 Å². The summed E-state index contributed by atoms with van der Waals surface area (Å²) < 4.78 is 2.20. The van der Waals surface area contributed by atoms with E-state index in [1.807, 2.05) is 36.4 Å². The molecule has 0 bridgehead atoms. The molecule has 1 aliphatic rings. The number of aryl methyl sites for hydroxylation is 1. The Balaban J connectivity index is 1.54. The molecule has 0 saturated carbocycles. The zero-order chi connectivity index (χ0) is 24.9. The van der Waals surface area contributed by atoms with Crippen LogP contribution in [0, 0.1) is 6.92 Å². The predicted octanol–water partition coefficient (Wildman–Crippen LogP) is 8.11. The molecule has 4 heteroatoms. The number of anilines is 1. The highest BCUT2D eigenvalue weighted by atomic mass is 15.2. The van der Waals surface area contributed by atoms with E-state index in [-0.39, 0.29) is 0 Å². The van der Waals surface area contributed by atoms with Crippen LogP contribution in [0.1, 0.15) is 5.56 Å². The molecule has 2 aromatic heterocycles. The van der Waals surface area contributed by atoms with Crippen molar-refractivity contribution in [2.75, 3.05) is 4.90 Å². The van der Waals surface area contributed by atoms with Crippen LogP contribution in [-0.4, -0.2) is 14.5 Å². The van der Waals surface area contributed by atoms with Crippen LogP contribution < -0.4 is 4.90 Å². The highest BCUT2D eigenvalue weighted by Crippen LogP contribution is 2.39. The number of rotatable bonds is 3. The number of hydrogen-bond donors (Lipinski definition) is 0. The lowest BCUT2D eigenvalue weighted by molar-refractivity contribution is 1.01. The van der Waals surface area contributed by atoms with Gasteiger partial charge < -0.3 is 4.90 Å².